The molecule has 0 amide bonds. The lowest BCUT2D eigenvalue weighted by atomic mass is 9.79. The van der Waals surface area contributed by atoms with Crippen molar-refractivity contribution < 1.29 is 23.6 Å². The van der Waals surface area contributed by atoms with Crippen molar-refractivity contribution in [2.45, 2.75) is 6.61 Å². The number of halogens is 3. The van der Waals surface area contributed by atoms with Crippen molar-refractivity contribution in [1.29, 1.82) is 0 Å². The van der Waals surface area contributed by atoms with Crippen LogP contribution in [0.25, 0.3) is 0 Å². The molecular weight excluding hydrogens is 288 g/mol. The zero-order valence-corrected chi connectivity index (χ0v) is 10.9. The first kappa shape index (κ1) is 14.8. The van der Waals surface area contributed by atoms with Gasteiger partial charge in [0.1, 0.15) is 12.4 Å². The van der Waals surface area contributed by atoms with Crippen molar-refractivity contribution in [2.24, 2.45) is 0 Å². The molecule has 2 aromatic rings. The van der Waals surface area contributed by atoms with Gasteiger partial charge < -0.3 is 14.8 Å². The molecule has 3 nitrogen and oxygen atoms in total. The summed E-state index contributed by atoms with van der Waals surface area (Å²) in [7, 11) is -1.91. The molecule has 7 heteroatoms. The van der Waals surface area contributed by atoms with Crippen molar-refractivity contribution in [3.63, 3.8) is 0 Å². The molecule has 20 heavy (non-hydrogen) atoms. The average Bonchev–Trinajstić information content (AvgIpc) is 2.39. The molecule has 2 N–H and O–H groups in total. The Labute approximate surface area is 119 Å². The van der Waals surface area contributed by atoms with Crippen LogP contribution in [0.4, 0.5) is 8.78 Å². The molecule has 0 fully saturated rings. The third-order valence-corrected chi connectivity index (χ3v) is 2.86. The molecule has 0 heterocycles. The third kappa shape index (κ3) is 3.48. The maximum atomic E-state index is 13.5. The molecular formula is C13H10BClF2O3. The van der Waals surface area contributed by atoms with Gasteiger partial charge in [0.25, 0.3) is 0 Å². The summed E-state index contributed by atoms with van der Waals surface area (Å²) >= 11 is 5.61. The van der Waals surface area contributed by atoms with E-state index in [1.54, 1.807) is 0 Å². The molecule has 0 spiro atoms. The first-order valence-corrected chi connectivity index (χ1v) is 6.07. The standard InChI is InChI=1S/C13H10BClF2O3/c15-9-2-4-13(12(17)6-9)20-7-8-1-3-11(16)10(5-8)14(18)19/h1-6,18-19H,7H2. The Morgan fingerprint density at radius 3 is 2.45 bits per heavy atom. The maximum Gasteiger partial charge on any atom is 0.491 e. The highest BCUT2D eigenvalue weighted by molar-refractivity contribution is 6.58. The number of rotatable bonds is 4. The quantitative estimate of drug-likeness (QED) is 0.847. The highest BCUT2D eigenvalue weighted by Gasteiger charge is 2.17. The van der Waals surface area contributed by atoms with Gasteiger partial charge in [-0.15, -0.1) is 0 Å². The van der Waals surface area contributed by atoms with Gasteiger partial charge in [0, 0.05) is 10.5 Å². The van der Waals surface area contributed by atoms with Crippen LogP contribution < -0.4 is 10.2 Å². The van der Waals surface area contributed by atoms with Crippen LogP contribution in [0.1, 0.15) is 5.56 Å². The number of hydrogen-bond acceptors (Lipinski definition) is 3. The maximum absolute atomic E-state index is 13.5. The van der Waals surface area contributed by atoms with Crippen molar-refractivity contribution in [2.75, 3.05) is 0 Å². The molecule has 0 unspecified atom stereocenters. The molecule has 2 aromatic carbocycles. The van der Waals surface area contributed by atoms with Crippen LogP contribution in [0.15, 0.2) is 36.4 Å². The van der Waals surface area contributed by atoms with E-state index in [0.29, 0.717) is 5.56 Å². The van der Waals surface area contributed by atoms with Gasteiger partial charge >= 0.3 is 7.12 Å². The summed E-state index contributed by atoms with van der Waals surface area (Å²) in [4.78, 5) is 0. The molecule has 104 valence electrons. The summed E-state index contributed by atoms with van der Waals surface area (Å²) in [6.07, 6.45) is 0. The van der Waals surface area contributed by atoms with Crippen molar-refractivity contribution in [1.82, 2.24) is 0 Å². The van der Waals surface area contributed by atoms with Crippen LogP contribution in [0, 0.1) is 11.6 Å². The molecule has 0 aromatic heterocycles. The lowest BCUT2D eigenvalue weighted by Gasteiger charge is -2.09. The summed E-state index contributed by atoms with van der Waals surface area (Å²) < 4.78 is 32.0. The van der Waals surface area contributed by atoms with E-state index in [4.69, 9.17) is 26.4 Å². The van der Waals surface area contributed by atoms with E-state index in [-0.39, 0.29) is 22.8 Å². The summed E-state index contributed by atoms with van der Waals surface area (Å²) in [6, 6.07) is 7.72. The van der Waals surface area contributed by atoms with Gasteiger partial charge in [-0.25, -0.2) is 8.78 Å². The second kappa shape index (κ2) is 6.22. The van der Waals surface area contributed by atoms with Gasteiger partial charge in [-0.1, -0.05) is 23.7 Å². The highest BCUT2D eigenvalue weighted by atomic mass is 35.5. The van der Waals surface area contributed by atoms with Gasteiger partial charge in [-0.05, 0) is 29.8 Å². The first-order chi connectivity index (χ1) is 9.47. The highest BCUT2D eigenvalue weighted by Crippen LogP contribution is 2.21. The monoisotopic (exact) mass is 298 g/mol. The van der Waals surface area contributed by atoms with E-state index in [2.05, 4.69) is 0 Å². The van der Waals surface area contributed by atoms with E-state index < -0.39 is 18.8 Å². The van der Waals surface area contributed by atoms with Crippen LogP contribution in [-0.2, 0) is 6.61 Å². The molecule has 0 saturated carbocycles. The van der Waals surface area contributed by atoms with Gasteiger partial charge in [0.15, 0.2) is 11.6 Å². The van der Waals surface area contributed by atoms with Gasteiger partial charge in [0.2, 0.25) is 0 Å². The summed E-state index contributed by atoms with van der Waals surface area (Å²) in [6.45, 7) is -0.0431. The fraction of sp³-hybridized carbons (Fsp3) is 0.0769. The predicted molar refractivity (Wildman–Crippen MR) is 72.0 cm³/mol. The fourth-order valence-corrected chi connectivity index (χ4v) is 1.79. The minimum Gasteiger partial charge on any atom is -0.486 e. The molecule has 0 aliphatic rings. The third-order valence-electron chi connectivity index (χ3n) is 2.63. The lowest BCUT2D eigenvalue weighted by molar-refractivity contribution is 0.290. The fourth-order valence-electron chi connectivity index (χ4n) is 1.63. The Morgan fingerprint density at radius 1 is 1.05 bits per heavy atom. The van der Waals surface area contributed by atoms with E-state index >= 15 is 0 Å². The van der Waals surface area contributed by atoms with Crippen molar-refractivity contribution in [3.05, 3.63) is 58.6 Å². The molecule has 0 bridgehead atoms. The van der Waals surface area contributed by atoms with Crippen molar-refractivity contribution >= 4 is 24.2 Å². The second-order valence-corrected chi connectivity index (χ2v) is 4.53. The smallest absolute Gasteiger partial charge is 0.486 e. The average molecular weight is 298 g/mol. The lowest BCUT2D eigenvalue weighted by Crippen LogP contribution is -2.33. The van der Waals surface area contributed by atoms with E-state index in [9.17, 15) is 8.78 Å². The van der Waals surface area contributed by atoms with E-state index in [1.807, 2.05) is 0 Å². The number of benzene rings is 2. The second-order valence-electron chi connectivity index (χ2n) is 4.09. The first-order valence-electron chi connectivity index (χ1n) is 5.69. The topological polar surface area (TPSA) is 49.7 Å². The Kier molecular flexibility index (Phi) is 4.59. The molecule has 0 aliphatic heterocycles. The van der Waals surface area contributed by atoms with E-state index in [0.717, 1.165) is 12.1 Å². The van der Waals surface area contributed by atoms with E-state index in [1.165, 1.54) is 24.3 Å². The van der Waals surface area contributed by atoms with Gasteiger partial charge in [-0.3, -0.25) is 0 Å². The Hall–Kier alpha value is -1.63. The number of ether oxygens (including phenoxy) is 1. The molecule has 0 atom stereocenters. The number of hydrogen-bond donors (Lipinski definition) is 2. The Morgan fingerprint density at radius 2 is 1.80 bits per heavy atom. The predicted octanol–water partition coefficient (Wildman–Crippen LogP) is 1.88. The summed E-state index contributed by atoms with van der Waals surface area (Å²) in [5.74, 6) is -1.34. The molecule has 0 saturated heterocycles. The Bertz CT molecular complexity index is 623. The zero-order chi connectivity index (χ0) is 14.7. The van der Waals surface area contributed by atoms with Gasteiger partial charge in [-0.2, -0.15) is 0 Å². The Balaban J connectivity index is 2.13. The molecule has 0 radical (unpaired) electrons. The van der Waals surface area contributed by atoms with Crippen LogP contribution in [-0.4, -0.2) is 17.2 Å². The van der Waals surface area contributed by atoms with Crippen LogP contribution >= 0.6 is 11.6 Å². The largest absolute Gasteiger partial charge is 0.491 e. The molecule has 0 aliphatic carbocycles. The zero-order valence-electron chi connectivity index (χ0n) is 10.2. The molecule has 2 rings (SSSR count). The van der Waals surface area contributed by atoms with Crippen molar-refractivity contribution in [3.8, 4) is 5.75 Å². The minimum atomic E-state index is -1.91. The van der Waals surface area contributed by atoms with Crippen LogP contribution in [0.5, 0.6) is 5.75 Å². The van der Waals surface area contributed by atoms with Gasteiger partial charge in [0.05, 0.1) is 0 Å². The minimum absolute atomic E-state index is 0.00446. The summed E-state index contributed by atoms with van der Waals surface area (Å²) in [5, 5.41) is 18.2. The normalized spacial score (nSPS) is 10.4. The van der Waals surface area contributed by atoms with Crippen LogP contribution in [0.3, 0.4) is 0 Å². The van der Waals surface area contributed by atoms with Crippen LogP contribution in [0.2, 0.25) is 5.02 Å². The SMILES string of the molecule is OB(O)c1cc(COc2ccc(Cl)cc2F)ccc1F. The summed E-state index contributed by atoms with van der Waals surface area (Å²) in [5.41, 5.74) is 0.214.